The van der Waals surface area contributed by atoms with Crippen molar-refractivity contribution in [3.8, 4) is 22.8 Å². The van der Waals surface area contributed by atoms with Crippen molar-refractivity contribution in [3.05, 3.63) is 78.9 Å². The van der Waals surface area contributed by atoms with Crippen LogP contribution in [-0.4, -0.2) is 26.9 Å². The summed E-state index contributed by atoms with van der Waals surface area (Å²) in [6.45, 7) is 1.93. The number of benzene rings is 2. The monoisotopic (exact) mass is 462 g/mol. The first-order valence-electron chi connectivity index (χ1n) is 9.19. The molecule has 0 aliphatic carbocycles. The summed E-state index contributed by atoms with van der Waals surface area (Å²) in [6, 6.07) is 10.7. The van der Waals surface area contributed by atoms with Gasteiger partial charge in [-0.15, -0.1) is 0 Å². The maximum Gasteiger partial charge on any atom is 0.284 e. The van der Waals surface area contributed by atoms with E-state index in [0.717, 1.165) is 11.3 Å². The van der Waals surface area contributed by atoms with Gasteiger partial charge in [0.2, 0.25) is 0 Å². The Morgan fingerprint density at radius 1 is 1.10 bits per heavy atom. The summed E-state index contributed by atoms with van der Waals surface area (Å²) >= 11 is 18.9. The lowest BCUT2D eigenvalue weighted by atomic mass is 10.1. The zero-order valence-corrected chi connectivity index (χ0v) is 18.4. The Morgan fingerprint density at radius 2 is 1.83 bits per heavy atom. The third kappa shape index (κ3) is 3.78. The molecular weight excluding hydrogens is 447 g/mol. The van der Waals surface area contributed by atoms with Gasteiger partial charge >= 0.3 is 0 Å². The van der Waals surface area contributed by atoms with Crippen molar-refractivity contribution in [3.63, 3.8) is 0 Å². The van der Waals surface area contributed by atoms with Gasteiger partial charge in [-0.3, -0.25) is 9.89 Å². The third-order valence-electron chi connectivity index (χ3n) is 4.72. The average Bonchev–Trinajstić information content (AvgIpc) is 3.06. The highest BCUT2D eigenvalue weighted by molar-refractivity contribution is 6.40. The van der Waals surface area contributed by atoms with Crippen LogP contribution in [0.2, 0.25) is 15.1 Å². The van der Waals surface area contributed by atoms with E-state index in [1.165, 1.54) is 0 Å². The van der Waals surface area contributed by atoms with E-state index in [4.69, 9.17) is 39.5 Å². The van der Waals surface area contributed by atoms with Gasteiger partial charge in [0.15, 0.2) is 5.82 Å². The number of nitrogens with zero attached hydrogens (tertiary/aromatic N) is 3. The highest BCUT2D eigenvalue weighted by Gasteiger charge is 2.25. The lowest BCUT2D eigenvalue weighted by Crippen LogP contribution is -2.17. The average molecular weight is 464 g/mol. The van der Waals surface area contributed by atoms with Gasteiger partial charge in [0, 0.05) is 17.1 Å². The number of aromatic nitrogens is 4. The molecular formula is C21H17Cl3N4O2. The maximum atomic E-state index is 12.9. The van der Waals surface area contributed by atoms with Crippen LogP contribution in [0.1, 0.15) is 24.0 Å². The van der Waals surface area contributed by atoms with Crippen LogP contribution in [0.15, 0.2) is 41.2 Å². The van der Waals surface area contributed by atoms with E-state index in [9.17, 15) is 4.79 Å². The Labute approximate surface area is 187 Å². The van der Waals surface area contributed by atoms with E-state index in [2.05, 4.69) is 15.1 Å². The van der Waals surface area contributed by atoms with Gasteiger partial charge in [0.05, 0.1) is 17.2 Å². The quantitative estimate of drug-likeness (QED) is 0.442. The van der Waals surface area contributed by atoms with Gasteiger partial charge in [-0.05, 0) is 36.2 Å². The summed E-state index contributed by atoms with van der Waals surface area (Å²) in [5.41, 5.74) is 2.15. The van der Waals surface area contributed by atoms with Crippen molar-refractivity contribution in [2.45, 2.75) is 19.8 Å². The molecule has 0 saturated carbocycles. The summed E-state index contributed by atoms with van der Waals surface area (Å²) in [6.07, 6.45) is 0.956. The number of ether oxygens (including phenoxy) is 1. The van der Waals surface area contributed by atoms with Crippen molar-refractivity contribution < 1.29 is 4.74 Å². The fourth-order valence-electron chi connectivity index (χ4n) is 3.35. The van der Waals surface area contributed by atoms with E-state index >= 15 is 0 Å². The molecule has 0 bridgehead atoms. The highest BCUT2D eigenvalue weighted by atomic mass is 35.5. The molecule has 0 amide bonds. The fraction of sp³-hybridized carbons (Fsp3) is 0.190. The number of H-pyrrole nitrogens is 1. The summed E-state index contributed by atoms with van der Waals surface area (Å²) < 4.78 is 6.88. The van der Waals surface area contributed by atoms with Gasteiger partial charge in [-0.25, -0.2) is 9.67 Å². The van der Waals surface area contributed by atoms with Crippen LogP contribution in [0, 0.1) is 0 Å². The summed E-state index contributed by atoms with van der Waals surface area (Å²) in [5, 5.41) is 4.28. The molecule has 2 aliphatic rings. The molecule has 0 unspecified atom stereocenters. The molecule has 2 heterocycles. The molecule has 0 saturated heterocycles. The van der Waals surface area contributed by atoms with Crippen LogP contribution < -0.4 is 10.3 Å². The van der Waals surface area contributed by atoms with Crippen LogP contribution in [0.5, 0.6) is 5.75 Å². The van der Waals surface area contributed by atoms with Crippen LogP contribution in [0.4, 0.5) is 0 Å². The van der Waals surface area contributed by atoms with Gasteiger partial charge in [0.25, 0.3) is 5.56 Å². The van der Waals surface area contributed by atoms with Gasteiger partial charge in [0.1, 0.15) is 22.8 Å². The van der Waals surface area contributed by atoms with Crippen molar-refractivity contribution in [2.24, 2.45) is 0 Å². The Bertz CT molecular complexity index is 1240. The molecule has 6 nitrogen and oxygen atoms in total. The number of aryl methyl sites for hydroxylation is 1. The Kier molecular flexibility index (Phi) is 5.73. The molecule has 0 spiro atoms. The van der Waals surface area contributed by atoms with Crippen LogP contribution >= 0.6 is 34.8 Å². The predicted molar refractivity (Wildman–Crippen MR) is 119 cm³/mol. The SMILES string of the molecule is CCc1[nH]n(-c2c(Cl)cc(Cl)cc2Cl)c2nc(Cc3cccc(OC)c3)nc(=O)c1-2. The number of hydrogen-bond donors (Lipinski definition) is 1. The van der Waals surface area contributed by atoms with Crippen LogP contribution in [0.25, 0.3) is 17.1 Å². The lowest BCUT2D eigenvalue weighted by Gasteiger charge is -2.11. The Hall–Kier alpha value is -2.54. The predicted octanol–water partition coefficient (Wildman–Crippen LogP) is 5.18. The van der Waals surface area contributed by atoms with E-state index in [-0.39, 0.29) is 5.56 Å². The number of halogens is 3. The minimum atomic E-state index is -0.356. The second-order valence-corrected chi connectivity index (χ2v) is 7.92. The molecule has 0 radical (unpaired) electrons. The summed E-state index contributed by atoms with van der Waals surface area (Å²) in [4.78, 5) is 21.7. The molecule has 154 valence electrons. The minimum absolute atomic E-state index is 0.337. The number of aromatic amines is 1. The number of methoxy groups -OCH3 is 1. The normalized spacial score (nSPS) is 11.2. The molecule has 0 fully saturated rings. The largest absolute Gasteiger partial charge is 0.497 e. The van der Waals surface area contributed by atoms with Crippen LogP contribution in [-0.2, 0) is 12.8 Å². The standard InChI is InChI=1S/C21H17Cl3N4O2/c1-3-16-18-20(28(27-16)19-14(23)9-12(22)10-15(19)24)25-17(26-21(18)29)8-11-5-4-6-13(7-11)30-2/h4-7,9-10,27H,3,8H2,1-2H3. The van der Waals surface area contributed by atoms with Crippen molar-refractivity contribution in [2.75, 3.05) is 7.11 Å². The van der Waals surface area contributed by atoms with Crippen molar-refractivity contribution in [1.29, 1.82) is 0 Å². The molecule has 2 aromatic carbocycles. The van der Waals surface area contributed by atoms with Crippen LogP contribution in [0.3, 0.4) is 0 Å². The number of hydrogen-bond acceptors (Lipinski definition) is 4. The van der Waals surface area contributed by atoms with E-state index < -0.39 is 0 Å². The maximum absolute atomic E-state index is 12.9. The van der Waals surface area contributed by atoms with Crippen molar-refractivity contribution in [1.82, 2.24) is 19.7 Å². The first-order valence-corrected chi connectivity index (χ1v) is 10.3. The second-order valence-electron chi connectivity index (χ2n) is 6.67. The summed E-state index contributed by atoms with van der Waals surface area (Å²) in [5.74, 6) is 1.52. The third-order valence-corrected chi connectivity index (χ3v) is 5.51. The molecule has 0 aromatic heterocycles. The molecule has 30 heavy (non-hydrogen) atoms. The van der Waals surface area contributed by atoms with Gasteiger partial charge in [-0.2, -0.15) is 4.98 Å². The first kappa shape index (κ1) is 20.7. The number of fused-ring (bicyclic) bond motifs is 1. The van der Waals surface area contributed by atoms with Gasteiger partial charge in [-0.1, -0.05) is 53.9 Å². The summed E-state index contributed by atoms with van der Waals surface area (Å²) in [7, 11) is 1.60. The molecule has 1 N–H and O–H groups in total. The topological polar surface area (TPSA) is 72.8 Å². The number of rotatable bonds is 5. The van der Waals surface area contributed by atoms with Crippen molar-refractivity contribution >= 4 is 34.8 Å². The second kappa shape index (κ2) is 8.30. The zero-order valence-electron chi connectivity index (χ0n) is 16.2. The zero-order chi connectivity index (χ0) is 21.4. The first-order chi connectivity index (χ1) is 14.4. The molecule has 2 aromatic rings. The number of nitrogens with one attached hydrogen (secondary N) is 1. The van der Waals surface area contributed by atoms with Gasteiger partial charge < -0.3 is 4.74 Å². The highest BCUT2D eigenvalue weighted by Crippen LogP contribution is 2.35. The molecule has 0 atom stereocenters. The Balaban J connectivity index is 1.89. The van der Waals surface area contributed by atoms with E-state index in [1.807, 2.05) is 31.2 Å². The fourth-order valence-corrected chi connectivity index (χ4v) is 4.34. The minimum Gasteiger partial charge on any atom is -0.497 e. The van der Waals surface area contributed by atoms with E-state index in [0.29, 0.717) is 56.5 Å². The molecule has 9 heteroatoms. The smallest absolute Gasteiger partial charge is 0.284 e. The Morgan fingerprint density at radius 3 is 2.50 bits per heavy atom. The van der Waals surface area contributed by atoms with E-state index in [1.54, 1.807) is 23.9 Å². The lowest BCUT2D eigenvalue weighted by molar-refractivity contribution is 0.414. The molecule has 2 aliphatic heterocycles. The molecule has 4 rings (SSSR count).